The summed E-state index contributed by atoms with van der Waals surface area (Å²) in [6.45, 7) is 5.34. The van der Waals surface area contributed by atoms with Gasteiger partial charge in [0.05, 0.1) is 0 Å². The molecule has 0 spiro atoms. The van der Waals surface area contributed by atoms with Crippen molar-refractivity contribution in [1.29, 1.82) is 0 Å². The Balaban J connectivity index is 2.61. The Hall–Kier alpha value is -1.84. The van der Waals surface area contributed by atoms with E-state index in [0.29, 0.717) is 24.8 Å². The van der Waals surface area contributed by atoms with Gasteiger partial charge >= 0.3 is 5.97 Å². The molecule has 0 aliphatic rings. The lowest BCUT2D eigenvalue weighted by Crippen LogP contribution is -2.29. The number of benzene rings is 1. The normalized spacial score (nSPS) is 12.8. The van der Waals surface area contributed by atoms with Crippen LogP contribution in [0.3, 0.4) is 0 Å². The number of anilines is 1. The average molecular weight is 263 g/mol. The molecule has 1 atom stereocenters. The van der Waals surface area contributed by atoms with Gasteiger partial charge in [-0.3, -0.25) is 4.79 Å². The Morgan fingerprint density at radius 2 is 2.00 bits per heavy atom. The van der Waals surface area contributed by atoms with Crippen molar-refractivity contribution in [2.24, 2.45) is 5.92 Å². The molecule has 1 aromatic carbocycles. The summed E-state index contributed by atoms with van der Waals surface area (Å²) in [7, 11) is 0. The fraction of sp³-hybridized carbons (Fsp3) is 0.467. The number of aryl methyl sites for hydroxylation is 1. The number of ether oxygens (including phenoxy) is 1. The second-order valence-electron chi connectivity index (χ2n) is 5.51. The molecule has 4 heteroatoms. The topological polar surface area (TPSA) is 69.4 Å². The Kier molecular flexibility index (Phi) is 5.10. The third-order valence-electron chi connectivity index (χ3n) is 2.65. The van der Waals surface area contributed by atoms with Crippen molar-refractivity contribution in [2.75, 3.05) is 5.73 Å². The molecule has 2 N–H and O–H groups in total. The molecular formula is C15H21NO3. The summed E-state index contributed by atoms with van der Waals surface area (Å²) in [5.74, 6) is -1.21. The number of rotatable bonds is 5. The highest BCUT2D eigenvalue weighted by atomic mass is 16.6. The van der Waals surface area contributed by atoms with Crippen LogP contribution in [0.25, 0.3) is 0 Å². The molecule has 0 radical (unpaired) electrons. The van der Waals surface area contributed by atoms with E-state index in [1.54, 1.807) is 26.8 Å². The molecule has 0 saturated heterocycles. The number of nitrogens with two attached hydrogens (primary N) is 1. The minimum atomic E-state index is -0.737. The van der Waals surface area contributed by atoms with Gasteiger partial charge in [0.25, 0.3) is 0 Å². The minimum absolute atomic E-state index is 0.409. The molecule has 0 fully saturated rings. The molecule has 104 valence electrons. The lowest BCUT2D eigenvalue weighted by atomic mass is 9.99. The molecule has 1 rings (SSSR count). The maximum absolute atomic E-state index is 11.8. The number of hydrogen-bond donors (Lipinski definition) is 1. The zero-order chi connectivity index (χ0) is 14.5. The van der Waals surface area contributed by atoms with Crippen LogP contribution in [0.4, 0.5) is 5.69 Å². The standard InChI is InChI=1S/C15H21NO3/c1-15(2,3)19-14(18)12(10-17)9-8-11-6-4-5-7-13(11)16/h4-7,10,12H,8-9,16H2,1-3H3/t12-/m0/s1. The van der Waals surface area contributed by atoms with Gasteiger partial charge in [-0.25, -0.2) is 0 Å². The highest BCUT2D eigenvalue weighted by Gasteiger charge is 2.24. The van der Waals surface area contributed by atoms with Crippen molar-refractivity contribution in [3.63, 3.8) is 0 Å². The molecule has 0 saturated carbocycles. The van der Waals surface area contributed by atoms with E-state index < -0.39 is 17.5 Å². The average Bonchev–Trinajstić information content (AvgIpc) is 2.29. The van der Waals surface area contributed by atoms with Crippen LogP contribution in [-0.2, 0) is 20.7 Å². The predicted octanol–water partition coefficient (Wildman–Crippen LogP) is 2.36. The SMILES string of the molecule is CC(C)(C)OC(=O)[C@H](C=O)CCc1ccccc1N. The van der Waals surface area contributed by atoms with Gasteiger partial charge in [0, 0.05) is 5.69 Å². The maximum atomic E-state index is 11.8. The molecule has 19 heavy (non-hydrogen) atoms. The van der Waals surface area contributed by atoms with Crippen LogP contribution >= 0.6 is 0 Å². The summed E-state index contributed by atoms with van der Waals surface area (Å²) < 4.78 is 5.21. The second kappa shape index (κ2) is 6.36. The van der Waals surface area contributed by atoms with E-state index in [1.807, 2.05) is 18.2 Å². The predicted molar refractivity (Wildman–Crippen MR) is 74.6 cm³/mol. The summed E-state index contributed by atoms with van der Waals surface area (Å²) >= 11 is 0. The zero-order valence-corrected chi connectivity index (χ0v) is 11.7. The molecule has 0 bridgehead atoms. The first kappa shape index (κ1) is 15.2. The van der Waals surface area contributed by atoms with Gasteiger partial charge in [-0.2, -0.15) is 0 Å². The maximum Gasteiger partial charge on any atom is 0.316 e. The van der Waals surface area contributed by atoms with E-state index in [-0.39, 0.29) is 0 Å². The number of carbonyl (C=O) groups is 2. The third kappa shape index (κ3) is 5.12. The molecule has 4 nitrogen and oxygen atoms in total. The first-order valence-electron chi connectivity index (χ1n) is 6.35. The van der Waals surface area contributed by atoms with Gasteiger partial charge in [0.1, 0.15) is 17.8 Å². The molecule has 0 aliphatic carbocycles. The monoisotopic (exact) mass is 263 g/mol. The molecule has 0 amide bonds. The first-order valence-corrected chi connectivity index (χ1v) is 6.35. The van der Waals surface area contributed by atoms with Crippen molar-refractivity contribution in [3.05, 3.63) is 29.8 Å². The van der Waals surface area contributed by atoms with E-state index in [9.17, 15) is 9.59 Å². The number of para-hydroxylation sites is 1. The highest BCUT2D eigenvalue weighted by Crippen LogP contribution is 2.18. The van der Waals surface area contributed by atoms with Crippen LogP contribution in [0.2, 0.25) is 0 Å². The summed E-state index contributed by atoms with van der Waals surface area (Å²) in [5, 5.41) is 0. The Morgan fingerprint density at radius 1 is 1.37 bits per heavy atom. The van der Waals surface area contributed by atoms with Crippen molar-refractivity contribution in [1.82, 2.24) is 0 Å². The van der Waals surface area contributed by atoms with Gasteiger partial charge in [0.15, 0.2) is 0 Å². The molecule has 0 aromatic heterocycles. The Morgan fingerprint density at radius 3 is 2.53 bits per heavy atom. The number of esters is 1. The van der Waals surface area contributed by atoms with Crippen molar-refractivity contribution >= 4 is 17.9 Å². The van der Waals surface area contributed by atoms with E-state index in [1.165, 1.54) is 0 Å². The van der Waals surface area contributed by atoms with Crippen molar-refractivity contribution in [2.45, 2.75) is 39.2 Å². The second-order valence-corrected chi connectivity index (χ2v) is 5.51. The van der Waals surface area contributed by atoms with Crippen LogP contribution in [-0.4, -0.2) is 17.9 Å². The number of hydrogen-bond acceptors (Lipinski definition) is 4. The van der Waals surface area contributed by atoms with Crippen LogP contribution in [0.15, 0.2) is 24.3 Å². The highest BCUT2D eigenvalue weighted by molar-refractivity contribution is 5.87. The van der Waals surface area contributed by atoms with Crippen molar-refractivity contribution < 1.29 is 14.3 Å². The fourth-order valence-corrected chi connectivity index (χ4v) is 1.69. The minimum Gasteiger partial charge on any atom is -0.459 e. The molecule has 0 unspecified atom stereocenters. The van der Waals surface area contributed by atoms with Gasteiger partial charge in [0.2, 0.25) is 0 Å². The molecular weight excluding hydrogens is 242 g/mol. The largest absolute Gasteiger partial charge is 0.459 e. The fourth-order valence-electron chi connectivity index (χ4n) is 1.69. The molecule has 0 heterocycles. The first-order chi connectivity index (χ1) is 8.83. The van der Waals surface area contributed by atoms with Gasteiger partial charge in [-0.1, -0.05) is 18.2 Å². The number of carbonyl (C=O) groups excluding carboxylic acids is 2. The van der Waals surface area contributed by atoms with Gasteiger partial charge < -0.3 is 15.3 Å². The molecule has 0 aliphatic heterocycles. The number of aldehydes is 1. The summed E-state index contributed by atoms with van der Waals surface area (Å²) in [6.07, 6.45) is 1.63. The number of nitrogen functional groups attached to an aromatic ring is 1. The van der Waals surface area contributed by atoms with Gasteiger partial charge in [-0.15, -0.1) is 0 Å². The lowest BCUT2D eigenvalue weighted by molar-refractivity contribution is -0.160. The third-order valence-corrected chi connectivity index (χ3v) is 2.65. The Labute approximate surface area is 113 Å². The Bertz CT molecular complexity index is 449. The summed E-state index contributed by atoms with van der Waals surface area (Å²) in [5.41, 5.74) is 6.86. The summed E-state index contributed by atoms with van der Waals surface area (Å²) in [6, 6.07) is 7.43. The summed E-state index contributed by atoms with van der Waals surface area (Å²) in [4.78, 5) is 22.8. The van der Waals surface area contributed by atoms with Crippen molar-refractivity contribution in [3.8, 4) is 0 Å². The lowest BCUT2D eigenvalue weighted by Gasteiger charge is -2.21. The van der Waals surface area contributed by atoms with Crippen LogP contribution in [0, 0.1) is 5.92 Å². The van der Waals surface area contributed by atoms with Gasteiger partial charge in [-0.05, 0) is 45.2 Å². The van der Waals surface area contributed by atoms with E-state index in [0.717, 1.165) is 5.56 Å². The van der Waals surface area contributed by atoms with Crippen LogP contribution in [0.5, 0.6) is 0 Å². The zero-order valence-electron chi connectivity index (χ0n) is 11.7. The van der Waals surface area contributed by atoms with E-state index >= 15 is 0 Å². The quantitative estimate of drug-likeness (QED) is 0.383. The van der Waals surface area contributed by atoms with E-state index in [2.05, 4.69) is 0 Å². The van der Waals surface area contributed by atoms with Crippen LogP contribution < -0.4 is 5.73 Å². The smallest absolute Gasteiger partial charge is 0.316 e. The van der Waals surface area contributed by atoms with Crippen LogP contribution in [0.1, 0.15) is 32.8 Å². The molecule has 1 aromatic rings. The van der Waals surface area contributed by atoms with E-state index in [4.69, 9.17) is 10.5 Å².